The summed E-state index contributed by atoms with van der Waals surface area (Å²) in [6.45, 7) is 10.4. The van der Waals surface area contributed by atoms with Crippen molar-refractivity contribution in [1.82, 2.24) is 5.32 Å². The first-order chi connectivity index (χ1) is 5.56. The Balaban J connectivity index is 3.15. The maximum atomic E-state index is 5.50. The van der Waals surface area contributed by atoms with E-state index in [1.807, 2.05) is 6.92 Å². The van der Waals surface area contributed by atoms with Gasteiger partial charge in [-0.1, -0.05) is 5.92 Å². The van der Waals surface area contributed by atoms with Crippen molar-refractivity contribution in [2.45, 2.75) is 33.3 Å². The molecule has 0 aliphatic carbocycles. The summed E-state index contributed by atoms with van der Waals surface area (Å²) in [5.74, 6) is 5.75. The van der Waals surface area contributed by atoms with E-state index in [-0.39, 0.29) is 5.60 Å². The molecule has 0 rings (SSSR count). The summed E-state index contributed by atoms with van der Waals surface area (Å²) in [6.07, 6.45) is 0. The largest absolute Gasteiger partial charge is 0.375 e. The molecule has 0 saturated heterocycles. The predicted octanol–water partition coefficient (Wildman–Crippen LogP) is 1.41. The molecule has 0 saturated carbocycles. The van der Waals surface area contributed by atoms with Gasteiger partial charge >= 0.3 is 0 Å². The first kappa shape index (κ1) is 11.5. The molecule has 12 heavy (non-hydrogen) atoms. The quantitative estimate of drug-likeness (QED) is 0.507. The second-order valence-corrected chi connectivity index (χ2v) is 3.56. The normalized spacial score (nSPS) is 10.7. The van der Waals surface area contributed by atoms with E-state index in [1.54, 1.807) is 0 Å². The van der Waals surface area contributed by atoms with Gasteiger partial charge in [0, 0.05) is 6.54 Å². The monoisotopic (exact) mass is 169 g/mol. The Morgan fingerprint density at radius 2 is 2.00 bits per heavy atom. The van der Waals surface area contributed by atoms with Crippen LogP contribution < -0.4 is 5.32 Å². The van der Waals surface area contributed by atoms with Crippen LogP contribution in [0.25, 0.3) is 0 Å². The van der Waals surface area contributed by atoms with Gasteiger partial charge in [0.2, 0.25) is 0 Å². The lowest BCUT2D eigenvalue weighted by molar-refractivity contribution is -0.000467. The van der Waals surface area contributed by atoms with Crippen LogP contribution in [-0.2, 0) is 4.74 Å². The van der Waals surface area contributed by atoms with Gasteiger partial charge in [0.15, 0.2) is 0 Å². The molecule has 0 heterocycles. The second-order valence-electron chi connectivity index (χ2n) is 3.56. The summed E-state index contributed by atoms with van der Waals surface area (Å²) in [5, 5.41) is 3.16. The smallest absolute Gasteiger partial charge is 0.0599 e. The highest BCUT2D eigenvalue weighted by atomic mass is 16.5. The van der Waals surface area contributed by atoms with Crippen molar-refractivity contribution in [1.29, 1.82) is 0 Å². The molecule has 0 aromatic carbocycles. The molecule has 0 spiro atoms. The molecule has 0 radical (unpaired) electrons. The fourth-order valence-electron chi connectivity index (χ4n) is 0.669. The van der Waals surface area contributed by atoms with Crippen LogP contribution in [0.4, 0.5) is 0 Å². The molecule has 2 heteroatoms. The fourth-order valence-corrected chi connectivity index (χ4v) is 0.669. The zero-order valence-corrected chi connectivity index (χ0v) is 8.53. The van der Waals surface area contributed by atoms with Crippen LogP contribution in [0, 0.1) is 11.8 Å². The molecule has 0 fully saturated rings. The highest BCUT2D eigenvalue weighted by Crippen LogP contribution is 2.04. The summed E-state index contributed by atoms with van der Waals surface area (Å²) >= 11 is 0. The Morgan fingerprint density at radius 1 is 1.33 bits per heavy atom. The van der Waals surface area contributed by atoms with Gasteiger partial charge in [-0.15, -0.1) is 5.92 Å². The van der Waals surface area contributed by atoms with E-state index >= 15 is 0 Å². The SMILES string of the molecule is CC#CCNCCOC(C)(C)C. The summed E-state index contributed by atoms with van der Waals surface area (Å²) in [5.41, 5.74) is -0.0296. The summed E-state index contributed by atoms with van der Waals surface area (Å²) in [6, 6.07) is 0. The van der Waals surface area contributed by atoms with E-state index in [9.17, 15) is 0 Å². The molecule has 0 aliphatic heterocycles. The van der Waals surface area contributed by atoms with Crippen LogP contribution in [0.2, 0.25) is 0 Å². The van der Waals surface area contributed by atoms with Crippen molar-refractivity contribution in [3.8, 4) is 11.8 Å². The van der Waals surface area contributed by atoms with E-state index in [0.29, 0.717) is 0 Å². The minimum atomic E-state index is -0.0296. The summed E-state index contributed by atoms with van der Waals surface area (Å²) in [4.78, 5) is 0. The first-order valence-electron chi connectivity index (χ1n) is 4.30. The average Bonchev–Trinajstić information content (AvgIpc) is 1.94. The predicted molar refractivity (Wildman–Crippen MR) is 52.0 cm³/mol. The molecule has 0 aliphatic rings. The Labute approximate surface area is 75.7 Å². The fraction of sp³-hybridized carbons (Fsp3) is 0.800. The Hall–Kier alpha value is -0.520. The van der Waals surface area contributed by atoms with Crippen LogP contribution in [-0.4, -0.2) is 25.3 Å². The number of rotatable bonds is 4. The summed E-state index contributed by atoms with van der Waals surface area (Å²) < 4.78 is 5.50. The Kier molecular flexibility index (Phi) is 5.79. The molecule has 1 N–H and O–H groups in total. The van der Waals surface area contributed by atoms with Crippen LogP contribution >= 0.6 is 0 Å². The van der Waals surface area contributed by atoms with Crippen molar-refractivity contribution in [3.05, 3.63) is 0 Å². The molecule has 0 amide bonds. The molecule has 0 aromatic rings. The van der Waals surface area contributed by atoms with Gasteiger partial charge in [0.1, 0.15) is 0 Å². The van der Waals surface area contributed by atoms with E-state index in [0.717, 1.165) is 19.7 Å². The molecule has 70 valence electrons. The lowest BCUT2D eigenvalue weighted by atomic mass is 10.2. The van der Waals surface area contributed by atoms with Gasteiger partial charge in [-0.3, -0.25) is 0 Å². The lowest BCUT2D eigenvalue weighted by Gasteiger charge is -2.19. The minimum Gasteiger partial charge on any atom is -0.375 e. The zero-order valence-electron chi connectivity index (χ0n) is 8.53. The Bertz CT molecular complexity index is 159. The molecule has 0 aromatic heterocycles. The highest BCUT2D eigenvalue weighted by Gasteiger charge is 2.08. The second kappa shape index (κ2) is 6.05. The standard InChI is InChI=1S/C10H19NO/c1-5-6-7-11-8-9-12-10(2,3)4/h11H,7-9H2,1-4H3. The van der Waals surface area contributed by atoms with E-state index in [4.69, 9.17) is 4.74 Å². The highest BCUT2D eigenvalue weighted by molar-refractivity contribution is 4.96. The van der Waals surface area contributed by atoms with Gasteiger partial charge in [-0.25, -0.2) is 0 Å². The minimum absolute atomic E-state index is 0.0296. The third-order valence-electron chi connectivity index (χ3n) is 1.20. The Morgan fingerprint density at radius 3 is 2.50 bits per heavy atom. The van der Waals surface area contributed by atoms with Crippen LogP contribution in [0.3, 0.4) is 0 Å². The van der Waals surface area contributed by atoms with Crippen molar-refractivity contribution in [3.63, 3.8) is 0 Å². The summed E-state index contributed by atoms with van der Waals surface area (Å²) in [7, 11) is 0. The molecule has 0 bridgehead atoms. The van der Waals surface area contributed by atoms with Crippen molar-refractivity contribution >= 4 is 0 Å². The van der Waals surface area contributed by atoms with E-state index in [1.165, 1.54) is 0 Å². The zero-order chi connectivity index (χ0) is 9.45. The van der Waals surface area contributed by atoms with Crippen LogP contribution in [0.5, 0.6) is 0 Å². The van der Waals surface area contributed by atoms with Crippen molar-refractivity contribution in [2.24, 2.45) is 0 Å². The number of hydrogen-bond donors (Lipinski definition) is 1. The maximum Gasteiger partial charge on any atom is 0.0599 e. The molecular formula is C10H19NO. The van der Waals surface area contributed by atoms with Gasteiger partial charge in [-0.2, -0.15) is 0 Å². The van der Waals surface area contributed by atoms with Crippen molar-refractivity contribution < 1.29 is 4.74 Å². The van der Waals surface area contributed by atoms with E-state index in [2.05, 4.69) is 37.9 Å². The average molecular weight is 169 g/mol. The molecular weight excluding hydrogens is 150 g/mol. The van der Waals surface area contributed by atoms with Crippen molar-refractivity contribution in [2.75, 3.05) is 19.7 Å². The molecule has 0 atom stereocenters. The molecule has 0 unspecified atom stereocenters. The third kappa shape index (κ3) is 9.48. The topological polar surface area (TPSA) is 21.3 Å². The van der Waals surface area contributed by atoms with Gasteiger partial charge in [0.25, 0.3) is 0 Å². The van der Waals surface area contributed by atoms with Gasteiger partial charge in [-0.05, 0) is 27.7 Å². The number of hydrogen-bond acceptors (Lipinski definition) is 2. The molecule has 2 nitrogen and oxygen atoms in total. The lowest BCUT2D eigenvalue weighted by Crippen LogP contribution is -2.26. The van der Waals surface area contributed by atoms with Crippen LogP contribution in [0.1, 0.15) is 27.7 Å². The third-order valence-corrected chi connectivity index (χ3v) is 1.20. The number of nitrogens with one attached hydrogen (secondary N) is 1. The van der Waals surface area contributed by atoms with Gasteiger partial charge < -0.3 is 10.1 Å². The van der Waals surface area contributed by atoms with E-state index < -0.39 is 0 Å². The maximum absolute atomic E-state index is 5.50. The van der Waals surface area contributed by atoms with Gasteiger partial charge in [0.05, 0.1) is 18.8 Å². The first-order valence-corrected chi connectivity index (χ1v) is 4.30. The number of ether oxygens (including phenoxy) is 1. The van der Waals surface area contributed by atoms with Crippen LogP contribution in [0.15, 0.2) is 0 Å².